The van der Waals surface area contributed by atoms with E-state index in [1.807, 2.05) is 61.5 Å². The van der Waals surface area contributed by atoms with Crippen molar-refractivity contribution in [3.63, 3.8) is 0 Å². The lowest BCUT2D eigenvalue weighted by atomic mass is 10.0. The molecule has 3 aromatic carbocycles. The minimum absolute atomic E-state index is 0.153. The second kappa shape index (κ2) is 12.2. The fourth-order valence-electron chi connectivity index (χ4n) is 3.86. The highest BCUT2D eigenvalue weighted by molar-refractivity contribution is 9.10. The van der Waals surface area contributed by atoms with Crippen molar-refractivity contribution < 1.29 is 18.0 Å². The fraction of sp³-hybridized carbons (Fsp3) is 0.259. The molecule has 0 aliphatic carbocycles. The third-order valence-electron chi connectivity index (χ3n) is 5.77. The number of hydrogen-bond donors (Lipinski definition) is 1. The lowest BCUT2D eigenvalue weighted by Gasteiger charge is -2.33. The van der Waals surface area contributed by atoms with Crippen LogP contribution in [0.3, 0.4) is 0 Å². The first-order chi connectivity index (χ1) is 17.1. The van der Waals surface area contributed by atoms with Gasteiger partial charge in [0.05, 0.1) is 11.9 Å². The molecular formula is C27H30BrN3O4S. The number of amides is 2. The molecule has 190 valence electrons. The van der Waals surface area contributed by atoms with Crippen LogP contribution in [0.15, 0.2) is 83.3 Å². The maximum atomic E-state index is 13.8. The van der Waals surface area contributed by atoms with Gasteiger partial charge in [-0.25, -0.2) is 8.42 Å². The number of benzene rings is 3. The highest BCUT2D eigenvalue weighted by Gasteiger charge is 2.32. The number of aryl methyl sites for hydroxylation is 1. The molecule has 0 heterocycles. The van der Waals surface area contributed by atoms with Crippen LogP contribution >= 0.6 is 15.9 Å². The molecule has 7 nitrogen and oxygen atoms in total. The molecular weight excluding hydrogens is 542 g/mol. The molecule has 0 aromatic heterocycles. The van der Waals surface area contributed by atoms with Crippen LogP contribution in [0, 0.1) is 6.92 Å². The van der Waals surface area contributed by atoms with Crippen molar-refractivity contribution in [3.8, 4) is 0 Å². The summed E-state index contributed by atoms with van der Waals surface area (Å²) in [6.45, 7) is 1.68. The average molecular weight is 573 g/mol. The number of nitrogens with one attached hydrogen (secondary N) is 1. The zero-order valence-corrected chi connectivity index (χ0v) is 22.9. The van der Waals surface area contributed by atoms with Crippen LogP contribution < -0.4 is 9.62 Å². The summed E-state index contributed by atoms with van der Waals surface area (Å²) in [5, 5.41) is 2.67. The number of nitrogens with zero attached hydrogens (tertiary/aromatic N) is 2. The maximum Gasteiger partial charge on any atom is 0.244 e. The highest BCUT2D eigenvalue weighted by atomic mass is 79.9. The standard InChI is InChI=1S/C27H30BrN3O4S/c1-20-12-14-22(15-13-20)18-30(25(27(33)29-2)16-21-8-5-4-6-9-21)26(32)19-31(36(3,34)35)24-11-7-10-23(28)17-24/h4-15,17,25H,16,18-19H2,1-3H3,(H,29,33). The zero-order chi connectivity index (χ0) is 26.3. The second-order valence-corrected chi connectivity index (χ2v) is 11.4. The fourth-order valence-corrected chi connectivity index (χ4v) is 5.08. The van der Waals surface area contributed by atoms with Crippen molar-refractivity contribution in [2.75, 3.05) is 24.2 Å². The van der Waals surface area contributed by atoms with Gasteiger partial charge >= 0.3 is 0 Å². The van der Waals surface area contributed by atoms with Crippen LogP contribution in [0.1, 0.15) is 16.7 Å². The molecule has 2 amide bonds. The lowest BCUT2D eigenvalue weighted by Crippen LogP contribution is -2.52. The second-order valence-electron chi connectivity index (χ2n) is 8.58. The minimum Gasteiger partial charge on any atom is -0.357 e. The van der Waals surface area contributed by atoms with E-state index in [1.165, 1.54) is 11.9 Å². The van der Waals surface area contributed by atoms with E-state index in [2.05, 4.69) is 21.2 Å². The van der Waals surface area contributed by atoms with Crippen molar-refractivity contribution in [3.05, 3.63) is 100 Å². The van der Waals surface area contributed by atoms with Gasteiger partial charge in [0.25, 0.3) is 0 Å². The zero-order valence-electron chi connectivity index (χ0n) is 20.5. The minimum atomic E-state index is -3.79. The summed E-state index contributed by atoms with van der Waals surface area (Å²) in [5.41, 5.74) is 3.15. The number of carbonyl (C=O) groups is 2. The van der Waals surface area contributed by atoms with E-state index in [1.54, 1.807) is 24.3 Å². The first-order valence-electron chi connectivity index (χ1n) is 11.4. The van der Waals surface area contributed by atoms with Crippen LogP contribution in [-0.2, 0) is 32.6 Å². The van der Waals surface area contributed by atoms with Crippen molar-refractivity contribution in [1.29, 1.82) is 0 Å². The van der Waals surface area contributed by atoms with E-state index >= 15 is 0 Å². The van der Waals surface area contributed by atoms with Gasteiger partial charge < -0.3 is 10.2 Å². The summed E-state index contributed by atoms with van der Waals surface area (Å²) in [6.07, 6.45) is 1.35. The van der Waals surface area contributed by atoms with Gasteiger partial charge in [0.2, 0.25) is 21.8 Å². The Kier molecular flexibility index (Phi) is 9.28. The van der Waals surface area contributed by atoms with E-state index in [9.17, 15) is 18.0 Å². The summed E-state index contributed by atoms with van der Waals surface area (Å²) < 4.78 is 27.2. The molecule has 1 N–H and O–H groups in total. The van der Waals surface area contributed by atoms with Crippen LogP contribution in [0.5, 0.6) is 0 Å². The predicted octanol–water partition coefficient (Wildman–Crippen LogP) is 3.91. The van der Waals surface area contributed by atoms with Crippen molar-refractivity contribution in [2.24, 2.45) is 0 Å². The Morgan fingerprint density at radius 1 is 0.944 bits per heavy atom. The monoisotopic (exact) mass is 571 g/mol. The number of likely N-dealkylation sites (N-methyl/N-ethyl adjacent to an activating group) is 1. The van der Waals surface area contributed by atoms with Crippen LogP contribution in [0.2, 0.25) is 0 Å². The molecule has 36 heavy (non-hydrogen) atoms. The lowest BCUT2D eigenvalue weighted by molar-refractivity contribution is -0.139. The van der Waals surface area contributed by atoms with Crippen molar-refractivity contribution >= 4 is 43.5 Å². The average Bonchev–Trinajstić information content (AvgIpc) is 2.85. The number of carbonyl (C=O) groups excluding carboxylic acids is 2. The SMILES string of the molecule is CNC(=O)C(Cc1ccccc1)N(Cc1ccc(C)cc1)C(=O)CN(c1cccc(Br)c1)S(C)(=O)=O. The molecule has 0 saturated heterocycles. The Hall–Kier alpha value is -3.17. The predicted molar refractivity (Wildman–Crippen MR) is 146 cm³/mol. The Bertz CT molecular complexity index is 1300. The van der Waals surface area contributed by atoms with Crippen molar-refractivity contribution in [1.82, 2.24) is 10.2 Å². The van der Waals surface area contributed by atoms with Gasteiger partial charge in [0.15, 0.2) is 0 Å². The Balaban J connectivity index is 2.01. The van der Waals surface area contributed by atoms with E-state index in [-0.39, 0.29) is 18.9 Å². The third-order valence-corrected chi connectivity index (χ3v) is 7.40. The van der Waals surface area contributed by atoms with Gasteiger partial charge in [-0.2, -0.15) is 0 Å². The van der Waals surface area contributed by atoms with Gasteiger partial charge in [0, 0.05) is 24.5 Å². The van der Waals surface area contributed by atoms with Crippen molar-refractivity contribution in [2.45, 2.75) is 25.9 Å². The number of sulfonamides is 1. The molecule has 0 aliphatic heterocycles. The Morgan fingerprint density at radius 3 is 2.19 bits per heavy atom. The largest absolute Gasteiger partial charge is 0.357 e. The molecule has 0 saturated carbocycles. The summed E-state index contributed by atoms with van der Waals surface area (Å²) in [5.74, 6) is -0.807. The molecule has 0 radical (unpaired) electrons. The molecule has 0 fully saturated rings. The van der Waals surface area contributed by atoms with E-state index in [0.717, 1.165) is 27.3 Å². The molecule has 0 spiro atoms. The van der Waals surface area contributed by atoms with Gasteiger partial charge in [-0.1, -0.05) is 82.2 Å². The molecule has 3 aromatic rings. The highest BCUT2D eigenvalue weighted by Crippen LogP contribution is 2.23. The Morgan fingerprint density at radius 2 is 1.61 bits per heavy atom. The van der Waals surface area contributed by atoms with Crippen LogP contribution in [0.25, 0.3) is 0 Å². The van der Waals surface area contributed by atoms with E-state index in [4.69, 9.17) is 0 Å². The summed E-state index contributed by atoms with van der Waals surface area (Å²) in [4.78, 5) is 28.3. The quantitative estimate of drug-likeness (QED) is 0.399. The first-order valence-corrected chi connectivity index (χ1v) is 14.1. The number of halogens is 1. The summed E-state index contributed by atoms with van der Waals surface area (Å²) >= 11 is 3.36. The third kappa shape index (κ3) is 7.41. The van der Waals surface area contributed by atoms with E-state index in [0.29, 0.717) is 10.2 Å². The smallest absolute Gasteiger partial charge is 0.244 e. The van der Waals surface area contributed by atoms with Gasteiger partial charge in [0.1, 0.15) is 12.6 Å². The van der Waals surface area contributed by atoms with Gasteiger partial charge in [-0.05, 0) is 36.2 Å². The topological polar surface area (TPSA) is 86.8 Å². The molecule has 1 atom stereocenters. The molecule has 3 rings (SSSR count). The maximum absolute atomic E-state index is 13.8. The number of anilines is 1. The molecule has 1 unspecified atom stereocenters. The Labute approximate surface area is 221 Å². The summed E-state index contributed by atoms with van der Waals surface area (Å²) in [7, 11) is -2.26. The van der Waals surface area contributed by atoms with Gasteiger partial charge in [-0.15, -0.1) is 0 Å². The summed E-state index contributed by atoms with van der Waals surface area (Å²) in [6, 6.07) is 23.0. The van der Waals surface area contributed by atoms with Gasteiger partial charge in [-0.3, -0.25) is 13.9 Å². The normalized spacial score (nSPS) is 12.0. The molecule has 0 aliphatic rings. The van der Waals surface area contributed by atoms with Crippen LogP contribution in [0.4, 0.5) is 5.69 Å². The first kappa shape index (κ1) is 27.4. The molecule has 9 heteroatoms. The number of rotatable bonds is 10. The van der Waals surface area contributed by atoms with E-state index < -0.39 is 28.5 Å². The number of hydrogen-bond acceptors (Lipinski definition) is 4. The molecule has 0 bridgehead atoms. The van der Waals surface area contributed by atoms with Crippen LogP contribution in [-0.4, -0.2) is 51.0 Å².